The molecule has 0 radical (unpaired) electrons. The van der Waals surface area contributed by atoms with Crippen LogP contribution >= 0.6 is 0 Å². The van der Waals surface area contributed by atoms with E-state index in [4.69, 9.17) is 9.72 Å². The van der Waals surface area contributed by atoms with Gasteiger partial charge in [-0.05, 0) is 67.5 Å². The number of fused-ring (bicyclic) bond motifs is 2. The topological polar surface area (TPSA) is 112 Å². The zero-order valence-electron chi connectivity index (χ0n) is 21.0. The maximum Gasteiger partial charge on any atom is 0.270 e. The van der Waals surface area contributed by atoms with Crippen LogP contribution in [0.2, 0.25) is 0 Å². The number of rotatable bonds is 4. The first-order chi connectivity index (χ1) is 18.6. The van der Waals surface area contributed by atoms with E-state index < -0.39 is 0 Å². The number of aromatic nitrogens is 5. The average Bonchev–Trinajstić information content (AvgIpc) is 3.59. The molecule has 0 bridgehead atoms. The third-order valence-corrected chi connectivity index (χ3v) is 7.98. The van der Waals surface area contributed by atoms with Gasteiger partial charge in [0.15, 0.2) is 5.82 Å². The number of carbonyl (C=O) groups excluding carboxylic acids is 1. The molecule has 3 N–H and O–H groups in total. The lowest BCUT2D eigenvalue weighted by Crippen LogP contribution is -2.48. The molecule has 3 aromatic heterocycles. The highest BCUT2D eigenvalue weighted by atomic mass is 16.5. The molecule has 9 heteroatoms. The Morgan fingerprint density at radius 1 is 1.00 bits per heavy atom. The molecule has 0 saturated carbocycles. The molecular weight excluding hydrogens is 478 g/mol. The number of hydrogen-bond donors (Lipinski definition) is 3. The highest BCUT2D eigenvalue weighted by molar-refractivity contribution is 5.98. The van der Waals surface area contributed by atoms with E-state index in [1.165, 1.54) is 6.42 Å². The molecule has 0 unspecified atom stereocenters. The Bertz CT molecular complexity index is 1630. The summed E-state index contributed by atoms with van der Waals surface area (Å²) in [5.41, 5.74) is 4.53. The van der Waals surface area contributed by atoms with Gasteiger partial charge in [0.05, 0.1) is 11.7 Å². The van der Waals surface area contributed by atoms with Gasteiger partial charge in [0.1, 0.15) is 11.5 Å². The zero-order chi connectivity index (χ0) is 25.5. The summed E-state index contributed by atoms with van der Waals surface area (Å²) >= 11 is 0. The summed E-state index contributed by atoms with van der Waals surface area (Å²) in [5.74, 6) is 1.39. The molecule has 1 amide bonds. The van der Waals surface area contributed by atoms with Crippen LogP contribution in [-0.2, 0) is 4.74 Å². The van der Waals surface area contributed by atoms with E-state index in [1.54, 1.807) is 12.4 Å². The van der Waals surface area contributed by atoms with E-state index in [2.05, 4.69) is 25.5 Å². The lowest BCUT2D eigenvalue weighted by Gasteiger charge is -2.45. The third kappa shape index (κ3) is 4.28. The fourth-order valence-corrected chi connectivity index (χ4v) is 5.88. The number of ether oxygens (including phenoxy) is 1. The van der Waals surface area contributed by atoms with Crippen molar-refractivity contribution in [1.82, 2.24) is 30.0 Å². The molecule has 0 atom stereocenters. The molecule has 38 heavy (non-hydrogen) atoms. The van der Waals surface area contributed by atoms with E-state index in [1.807, 2.05) is 53.4 Å². The highest BCUT2D eigenvalue weighted by Crippen LogP contribution is 2.39. The Hall–Kier alpha value is -4.24. The van der Waals surface area contributed by atoms with Gasteiger partial charge in [0.25, 0.3) is 5.91 Å². The van der Waals surface area contributed by atoms with Gasteiger partial charge in [-0.3, -0.25) is 9.89 Å². The minimum Gasteiger partial charge on any atom is -0.381 e. The summed E-state index contributed by atoms with van der Waals surface area (Å²) in [6.45, 7) is 3.23. The van der Waals surface area contributed by atoms with Crippen LogP contribution in [0.25, 0.3) is 33.2 Å². The predicted octanol–water partition coefficient (Wildman–Crippen LogP) is 5.28. The van der Waals surface area contributed by atoms with Crippen LogP contribution in [0.5, 0.6) is 0 Å². The van der Waals surface area contributed by atoms with Crippen LogP contribution < -0.4 is 5.32 Å². The van der Waals surface area contributed by atoms with Crippen molar-refractivity contribution in [3.8, 4) is 11.4 Å². The average molecular weight is 508 g/mol. The molecule has 5 heterocycles. The summed E-state index contributed by atoms with van der Waals surface area (Å²) in [6.07, 6.45) is 7.86. The van der Waals surface area contributed by atoms with Crippen molar-refractivity contribution in [3.63, 3.8) is 0 Å². The molecule has 2 fully saturated rings. The van der Waals surface area contributed by atoms with Crippen LogP contribution in [0.3, 0.4) is 0 Å². The van der Waals surface area contributed by atoms with Crippen molar-refractivity contribution in [2.24, 2.45) is 5.41 Å². The number of likely N-dealkylation sites (tertiary alicyclic amines) is 1. The van der Waals surface area contributed by atoms with Gasteiger partial charge in [0, 0.05) is 60.0 Å². The summed E-state index contributed by atoms with van der Waals surface area (Å²) in [5, 5.41) is 12.4. The third-order valence-electron chi connectivity index (χ3n) is 7.98. The van der Waals surface area contributed by atoms with E-state index >= 15 is 0 Å². The molecule has 192 valence electrons. The number of piperidine rings is 1. The number of aromatic amines is 2. The Labute approximate surface area is 219 Å². The van der Waals surface area contributed by atoms with Crippen molar-refractivity contribution >= 4 is 39.2 Å². The number of nitrogens with one attached hydrogen (secondary N) is 3. The Morgan fingerprint density at radius 3 is 2.84 bits per heavy atom. The van der Waals surface area contributed by atoms with Crippen molar-refractivity contribution < 1.29 is 9.53 Å². The monoisotopic (exact) mass is 507 g/mol. The summed E-state index contributed by atoms with van der Waals surface area (Å²) in [6, 6.07) is 15.8. The predicted molar refractivity (Wildman–Crippen MR) is 146 cm³/mol. The maximum atomic E-state index is 13.5. The Morgan fingerprint density at radius 2 is 1.92 bits per heavy atom. The Kier molecular flexibility index (Phi) is 5.58. The number of amides is 1. The van der Waals surface area contributed by atoms with E-state index in [9.17, 15) is 4.79 Å². The molecule has 2 aliphatic heterocycles. The van der Waals surface area contributed by atoms with Crippen LogP contribution in [0.1, 0.15) is 36.2 Å². The van der Waals surface area contributed by atoms with E-state index in [0.717, 1.165) is 78.6 Å². The SMILES string of the molecule is O=C(c1cc2ccc(-c3nccc(Nc4ccc5[nH]ncc5c4)n3)cc2[nH]1)N1CCCC2(CCOCC2)C1. The van der Waals surface area contributed by atoms with Crippen molar-refractivity contribution in [2.45, 2.75) is 25.7 Å². The standard InChI is InChI=1S/C29H29N7O2/c37-28(36-11-1-7-29(18-36)8-12-38-13-9-29)25-15-19-2-3-20(16-24(19)33-25)27-30-10-6-26(34-27)32-22-4-5-23-21(14-22)17-31-35-23/h2-6,10,14-17,33H,1,7-9,11-13,18H2,(H,31,35)(H,30,32,34). The van der Waals surface area contributed by atoms with E-state index in [0.29, 0.717) is 17.3 Å². The summed E-state index contributed by atoms with van der Waals surface area (Å²) in [7, 11) is 0. The molecule has 5 aromatic rings. The lowest BCUT2D eigenvalue weighted by atomic mass is 9.74. The molecule has 9 nitrogen and oxygen atoms in total. The van der Waals surface area contributed by atoms with Gasteiger partial charge >= 0.3 is 0 Å². The van der Waals surface area contributed by atoms with Gasteiger partial charge in [-0.15, -0.1) is 0 Å². The van der Waals surface area contributed by atoms with Crippen LogP contribution in [-0.4, -0.2) is 62.3 Å². The van der Waals surface area contributed by atoms with Crippen molar-refractivity contribution in [2.75, 3.05) is 31.6 Å². The second kappa shape index (κ2) is 9.25. The molecule has 2 saturated heterocycles. The number of hydrogen-bond acceptors (Lipinski definition) is 6. The second-order valence-corrected chi connectivity index (χ2v) is 10.5. The number of anilines is 2. The molecule has 1 spiro atoms. The molecule has 2 aromatic carbocycles. The maximum absolute atomic E-state index is 13.5. The summed E-state index contributed by atoms with van der Waals surface area (Å²) < 4.78 is 5.59. The van der Waals surface area contributed by atoms with Crippen molar-refractivity contribution in [3.05, 3.63) is 66.6 Å². The highest BCUT2D eigenvalue weighted by Gasteiger charge is 2.38. The molecule has 0 aliphatic carbocycles. The van der Waals surface area contributed by atoms with Gasteiger partial charge in [0.2, 0.25) is 0 Å². The largest absolute Gasteiger partial charge is 0.381 e. The van der Waals surface area contributed by atoms with Gasteiger partial charge < -0.3 is 19.9 Å². The van der Waals surface area contributed by atoms with Gasteiger partial charge in [-0.25, -0.2) is 9.97 Å². The molecule has 2 aliphatic rings. The number of carbonyl (C=O) groups is 1. The van der Waals surface area contributed by atoms with E-state index in [-0.39, 0.29) is 11.3 Å². The minimum absolute atomic E-state index is 0.0744. The number of H-pyrrole nitrogens is 2. The smallest absolute Gasteiger partial charge is 0.270 e. The van der Waals surface area contributed by atoms with Gasteiger partial charge in [-0.1, -0.05) is 12.1 Å². The number of benzene rings is 2. The first kappa shape index (κ1) is 22.9. The minimum atomic E-state index is 0.0744. The quantitative estimate of drug-likeness (QED) is 0.305. The van der Waals surface area contributed by atoms with Crippen LogP contribution in [0.4, 0.5) is 11.5 Å². The normalized spacial score (nSPS) is 17.3. The van der Waals surface area contributed by atoms with Crippen LogP contribution in [0.15, 0.2) is 60.9 Å². The Balaban J connectivity index is 1.11. The number of nitrogens with zero attached hydrogens (tertiary/aromatic N) is 4. The first-order valence-electron chi connectivity index (χ1n) is 13.2. The fraction of sp³-hybridized carbons (Fsp3) is 0.310. The molecular formula is C29H29N7O2. The lowest BCUT2D eigenvalue weighted by molar-refractivity contribution is -0.0230. The van der Waals surface area contributed by atoms with Crippen molar-refractivity contribution in [1.29, 1.82) is 0 Å². The fourth-order valence-electron chi connectivity index (χ4n) is 5.88. The molecule has 7 rings (SSSR count). The first-order valence-corrected chi connectivity index (χ1v) is 13.2. The van der Waals surface area contributed by atoms with Gasteiger partial charge in [-0.2, -0.15) is 5.10 Å². The van der Waals surface area contributed by atoms with Crippen LogP contribution in [0, 0.1) is 5.41 Å². The zero-order valence-corrected chi connectivity index (χ0v) is 21.0. The second-order valence-electron chi connectivity index (χ2n) is 10.5. The summed E-state index contributed by atoms with van der Waals surface area (Å²) in [4.78, 5) is 28.1.